The molecule has 0 spiro atoms. The third kappa shape index (κ3) is 3.71. The molecule has 32 heavy (non-hydrogen) atoms. The van der Waals surface area contributed by atoms with Crippen LogP contribution in [0.15, 0.2) is 84.6 Å². The maximum absolute atomic E-state index is 13.7. The van der Waals surface area contributed by atoms with E-state index < -0.39 is 0 Å². The second-order valence-corrected chi connectivity index (χ2v) is 7.33. The van der Waals surface area contributed by atoms with Crippen LogP contribution in [0.5, 0.6) is 11.5 Å². The molecule has 0 aliphatic carbocycles. The van der Waals surface area contributed by atoms with Crippen molar-refractivity contribution in [2.45, 2.75) is 6.54 Å². The summed E-state index contributed by atoms with van der Waals surface area (Å²) in [5.74, 6) is 0.412. The molecular weight excluding hydrogens is 404 g/mol. The summed E-state index contributed by atoms with van der Waals surface area (Å²) in [5.41, 5.74) is 2.75. The predicted octanol–water partition coefficient (Wildman–Crippen LogP) is 4.12. The van der Waals surface area contributed by atoms with Gasteiger partial charge < -0.3 is 14.4 Å². The Kier molecular flexibility index (Phi) is 5.94. The molecule has 1 heterocycles. The fourth-order valence-corrected chi connectivity index (χ4v) is 3.90. The molecule has 1 aliphatic rings. The highest BCUT2D eigenvalue weighted by Crippen LogP contribution is 2.38. The largest absolute Gasteiger partial charge is 0.496 e. The number of hydrogen-bond donors (Lipinski definition) is 0. The van der Waals surface area contributed by atoms with Crippen LogP contribution in [-0.4, -0.2) is 38.0 Å². The van der Waals surface area contributed by atoms with E-state index in [2.05, 4.69) is 0 Å². The van der Waals surface area contributed by atoms with E-state index in [1.165, 1.54) is 4.90 Å². The predicted molar refractivity (Wildman–Crippen MR) is 123 cm³/mol. The number of amides is 2. The van der Waals surface area contributed by atoms with Crippen molar-refractivity contribution in [2.75, 3.05) is 26.2 Å². The summed E-state index contributed by atoms with van der Waals surface area (Å²) in [6.45, 7) is 0.104. The zero-order valence-electron chi connectivity index (χ0n) is 18.2. The topological polar surface area (TPSA) is 59.1 Å². The second kappa shape index (κ2) is 8.98. The number of hydrogen-bond acceptors (Lipinski definition) is 5. The SMILES string of the molecule is COc1ccccc1CN1C(=O)C(c2ccccc2OC)=C(N(C)c2ccccc2)C1=O. The summed E-state index contributed by atoms with van der Waals surface area (Å²) >= 11 is 0. The summed E-state index contributed by atoms with van der Waals surface area (Å²) in [4.78, 5) is 30.3. The Morgan fingerprint density at radius 1 is 0.750 bits per heavy atom. The average Bonchev–Trinajstić information content (AvgIpc) is 3.09. The van der Waals surface area contributed by atoms with E-state index in [9.17, 15) is 9.59 Å². The molecule has 6 heteroatoms. The van der Waals surface area contributed by atoms with E-state index in [-0.39, 0.29) is 18.4 Å². The van der Waals surface area contributed by atoms with Gasteiger partial charge in [-0.25, -0.2) is 0 Å². The highest BCUT2D eigenvalue weighted by Gasteiger charge is 2.42. The van der Waals surface area contributed by atoms with Crippen LogP contribution in [0.2, 0.25) is 0 Å². The first-order chi connectivity index (χ1) is 15.6. The minimum Gasteiger partial charge on any atom is -0.496 e. The maximum Gasteiger partial charge on any atom is 0.278 e. The van der Waals surface area contributed by atoms with Gasteiger partial charge in [-0.05, 0) is 24.3 Å². The average molecular weight is 428 g/mol. The molecule has 162 valence electrons. The smallest absolute Gasteiger partial charge is 0.278 e. The quantitative estimate of drug-likeness (QED) is 0.530. The minimum atomic E-state index is -0.372. The Bertz CT molecular complexity index is 1190. The number of anilines is 1. The molecule has 0 atom stereocenters. The molecule has 0 bridgehead atoms. The van der Waals surface area contributed by atoms with Crippen molar-refractivity contribution in [3.8, 4) is 11.5 Å². The summed E-state index contributed by atoms with van der Waals surface area (Å²) in [5, 5.41) is 0. The van der Waals surface area contributed by atoms with Crippen molar-refractivity contribution in [1.82, 2.24) is 4.90 Å². The zero-order chi connectivity index (χ0) is 22.7. The van der Waals surface area contributed by atoms with Crippen LogP contribution in [0, 0.1) is 0 Å². The normalized spacial score (nSPS) is 13.5. The number of rotatable bonds is 7. The number of imide groups is 1. The van der Waals surface area contributed by atoms with Crippen LogP contribution >= 0.6 is 0 Å². The van der Waals surface area contributed by atoms with E-state index in [1.807, 2.05) is 66.7 Å². The molecule has 0 unspecified atom stereocenters. The fraction of sp³-hybridized carbons (Fsp3) is 0.154. The van der Waals surface area contributed by atoms with Crippen molar-refractivity contribution < 1.29 is 19.1 Å². The molecule has 0 saturated heterocycles. The van der Waals surface area contributed by atoms with Crippen LogP contribution < -0.4 is 14.4 Å². The third-order valence-corrected chi connectivity index (χ3v) is 5.52. The molecule has 0 aromatic heterocycles. The Morgan fingerprint density at radius 2 is 1.34 bits per heavy atom. The Morgan fingerprint density at radius 3 is 2.03 bits per heavy atom. The summed E-state index contributed by atoms with van der Waals surface area (Å²) in [6, 6.07) is 24.1. The van der Waals surface area contributed by atoms with Crippen molar-refractivity contribution in [3.63, 3.8) is 0 Å². The van der Waals surface area contributed by atoms with Gasteiger partial charge in [0.1, 0.15) is 17.2 Å². The number of ether oxygens (including phenoxy) is 2. The zero-order valence-corrected chi connectivity index (χ0v) is 18.2. The van der Waals surface area contributed by atoms with Crippen molar-refractivity contribution in [3.05, 3.63) is 95.7 Å². The lowest BCUT2D eigenvalue weighted by Gasteiger charge is -2.22. The number of benzene rings is 3. The molecule has 3 aromatic rings. The van der Waals surface area contributed by atoms with Crippen LogP contribution in [0.1, 0.15) is 11.1 Å². The fourth-order valence-electron chi connectivity index (χ4n) is 3.90. The molecule has 1 aliphatic heterocycles. The third-order valence-electron chi connectivity index (χ3n) is 5.52. The van der Waals surface area contributed by atoms with Gasteiger partial charge in [0.2, 0.25) is 0 Å². The van der Waals surface area contributed by atoms with Crippen LogP contribution in [-0.2, 0) is 16.1 Å². The van der Waals surface area contributed by atoms with E-state index in [1.54, 1.807) is 38.3 Å². The Balaban J connectivity index is 1.83. The van der Waals surface area contributed by atoms with Crippen LogP contribution in [0.3, 0.4) is 0 Å². The van der Waals surface area contributed by atoms with Gasteiger partial charge in [-0.1, -0.05) is 54.6 Å². The van der Waals surface area contributed by atoms with E-state index in [0.29, 0.717) is 28.3 Å². The van der Waals surface area contributed by atoms with Crippen LogP contribution in [0.25, 0.3) is 5.57 Å². The Labute approximate surface area is 187 Å². The molecule has 0 saturated carbocycles. The molecule has 0 radical (unpaired) electrons. The van der Waals surface area contributed by atoms with Gasteiger partial charge in [0.05, 0.1) is 26.3 Å². The minimum absolute atomic E-state index is 0.104. The maximum atomic E-state index is 13.7. The van der Waals surface area contributed by atoms with E-state index in [4.69, 9.17) is 9.47 Å². The van der Waals surface area contributed by atoms with Gasteiger partial charge in [0.25, 0.3) is 11.8 Å². The van der Waals surface area contributed by atoms with Crippen LogP contribution in [0.4, 0.5) is 5.69 Å². The van der Waals surface area contributed by atoms with Crippen molar-refractivity contribution in [2.24, 2.45) is 0 Å². The van der Waals surface area contributed by atoms with E-state index in [0.717, 1.165) is 11.3 Å². The molecule has 0 N–H and O–H groups in total. The first-order valence-corrected chi connectivity index (χ1v) is 10.2. The van der Waals surface area contributed by atoms with Gasteiger partial charge >= 0.3 is 0 Å². The first kappa shape index (κ1) is 21.2. The van der Waals surface area contributed by atoms with Crippen molar-refractivity contribution in [1.29, 1.82) is 0 Å². The van der Waals surface area contributed by atoms with Gasteiger partial charge in [0, 0.05) is 23.9 Å². The molecule has 4 rings (SSSR count). The molecule has 3 aromatic carbocycles. The number of carbonyl (C=O) groups excluding carboxylic acids is 2. The summed E-state index contributed by atoms with van der Waals surface area (Å²) in [6.07, 6.45) is 0. The van der Waals surface area contributed by atoms with Gasteiger partial charge in [0.15, 0.2) is 0 Å². The lowest BCUT2D eigenvalue weighted by Crippen LogP contribution is -2.33. The van der Waals surface area contributed by atoms with E-state index >= 15 is 0 Å². The monoisotopic (exact) mass is 428 g/mol. The van der Waals surface area contributed by atoms with Gasteiger partial charge in [-0.2, -0.15) is 0 Å². The number of para-hydroxylation sites is 3. The molecular formula is C26H24N2O4. The van der Waals surface area contributed by atoms with Crippen molar-refractivity contribution >= 4 is 23.1 Å². The lowest BCUT2D eigenvalue weighted by atomic mass is 10.0. The second-order valence-electron chi connectivity index (χ2n) is 7.33. The lowest BCUT2D eigenvalue weighted by molar-refractivity contribution is -0.137. The molecule has 0 fully saturated rings. The number of nitrogens with zero attached hydrogens (tertiary/aromatic N) is 2. The Hall–Kier alpha value is -4.06. The van der Waals surface area contributed by atoms with Gasteiger partial charge in [-0.3, -0.25) is 14.5 Å². The standard InChI is InChI=1S/C26H24N2O4/c1-27(19-12-5-4-6-13-19)24-23(20-14-8-10-16-22(20)32-3)25(29)28(26(24)30)17-18-11-7-9-15-21(18)31-2/h4-16H,17H2,1-3H3. The summed E-state index contributed by atoms with van der Waals surface area (Å²) in [7, 11) is 4.91. The molecule has 2 amide bonds. The van der Waals surface area contributed by atoms with Gasteiger partial charge in [-0.15, -0.1) is 0 Å². The molecule has 6 nitrogen and oxygen atoms in total. The number of likely N-dealkylation sites (N-methyl/N-ethyl adjacent to an activating group) is 1. The number of carbonyl (C=O) groups is 2. The highest BCUT2D eigenvalue weighted by atomic mass is 16.5. The number of methoxy groups -OCH3 is 2. The summed E-state index contributed by atoms with van der Waals surface area (Å²) < 4.78 is 10.9. The first-order valence-electron chi connectivity index (χ1n) is 10.2. The highest BCUT2D eigenvalue weighted by molar-refractivity contribution is 6.37.